The molecule has 0 bridgehead atoms. The molecule has 0 unspecified atom stereocenters. The average molecular weight is 289 g/mol. The highest BCUT2D eigenvalue weighted by molar-refractivity contribution is 5.88. The van der Waals surface area contributed by atoms with Crippen molar-refractivity contribution >= 4 is 11.8 Å². The lowest BCUT2D eigenvalue weighted by molar-refractivity contribution is 0.0526. The van der Waals surface area contributed by atoms with E-state index in [0.717, 1.165) is 24.5 Å². The molecule has 2 aromatic rings. The largest absolute Gasteiger partial charge is 0.462 e. The molecule has 7 nitrogen and oxygen atoms in total. The van der Waals surface area contributed by atoms with Crippen molar-refractivity contribution in [1.82, 2.24) is 19.7 Å². The molecule has 0 atom stereocenters. The van der Waals surface area contributed by atoms with E-state index >= 15 is 0 Å². The van der Waals surface area contributed by atoms with Gasteiger partial charge in [0, 0.05) is 25.7 Å². The monoisotopic (exact) mass is 289 g/mol. The Morgan fingerprint density at radius 1 is 1.38 bits per heavy atom. The molecule has 2 aromatic heterocycles. The smallest absolute Gasteiger partial charge is 0.341 e. The second kappa shape index (κ2) is 6.83. The van der Waals surface area contributed by atoms with E-state index in [2.05, 4.69) is 27.3 Å². The predicted molar refractivity (Wildman–Crippen MR) is 78.7 cm³/mol. The molecule has 0 aliphatic heterocycles. The van der Waals surface area contributed by atoms with Crippen molar-refractivity contribution in [2.45, 2.75) is 26.7 Å². The summed E-state index contributed by atoms with van der Waals surface area (Å²) in [6, 6.07) is 1.78. The van der Waals surface area contributed by atoms with E-state index in [1.54, 1.807) is 30.9 Å². The highest BCUT2D eigenvalue weighted by Crippen LogP contribution is 2.12. The minimum atomic E-state index is -0.388. The van der Waals surface area contributed by atoms with Crippen LogP contribution >= 0.6 is 0 Å². The maximum atomic E-state index is 11.7. The zero-order valence-electron chi connectivity index (χ0n) is 12.5. The van der Waals surface area contributed by atoms with Gasteiger partial charge in [0.25, 0.3) is 0 Å². The van der Waals surface area contributed by atoms with Crippen molar-refractivity contribution in [2.24, 2.45) is 0 Å². The number of nitrogens with zero attached hydrogens (tertiary/aromatic N) is 4. The lowest BCUT2D eigenvalue weighted by Gasteiger charge is -2.07. The number of carbonyl (C=O) groups excluding carboxylic acids is 1. The summed E-state index contributed by atoms with van der Waals surface area (Å²) in [5.41, 5.74) is 0.401. The maximum Gasteiger partial charge on any atom is 0.341 e. The topological polar surface area (TPSA) is 81.9 Å². The van der Waals surface area contributed by atoms with Crippen LogP contribution in [0.5, 0.6) is 0 Å². The Kier molecular flexibility index (Phi) is 4.86. The van der Waals surface area contributed by atoms with Gasteiger partial charge in [-0.2, -0.15) is 5.10 Å². The minimum absolute atomic E-state index is 0.335. The van der Waals surface area contributed by atoms with E-state index in [9.17, 15) is 4.79 Å². The lowest BCUT2D eigenvalue weighted by Crippen LogP contribution is -2.07. The van der Waals surface area contributed by atoms with Gasteiger partial charge >= 0.3 is 5.97 Å². The molecule has 112 valence electrons. The van der Waals surface area contributed by atoms with Crippen LogP contribution in [0.15, 0.2) is 18.5 Å². The molecule has 21 heavy (non-hydrogen) atoms. The second-order valence-electron chi connectivity index (χ2n) is 4.42. The number of hydrogen-bond acceptors (Lipinski definition) is 6. The predicted octanol–water partition coefficient (Wildman–Crippen LogP) is 1.83. The van der Waals surface area contributed by atoms with Crippen LogP contribution in [0.3, 0.4) is 0 Å². The number of nitrogens with one attached hydrogen (secondary N) is 1. The van der Waals surface area contributed by atoms with E-state index < -0.39 is 0 Å². The Bertz CT molecular complexity index is 624. The highest BCUT2D eigenvalue weighted by Gasteiger charge is 2.12. The van der Waals surface area contributed by atoms with Crippen molar-refractivity contribution < 1.29 is 9.53 Å². The van der Waals surface area contributed by atoms with E-state index in [1.807, 2.05) is 0 Å². The molecule has 1 N–H and O–H groups in total. The number of anilines is 1. The number of ether oxygens (including phenoxy) is 1. The Balaban J connectivity index is 2.32. The number of hydrogen-bond donors (Lipinski definition) is 1. The van der Waals surface area contributed by atoms with Gasteiger partial charge in [-0.3, -0.25) is 0 Å². The van der Waals surface area contributed by atoms with E-state index in [0.29, 0.717) is 18.0 Å². The van der Waals surface area contributed by atoms with Crippen LogP contribution < -0.4 is 5.32 Å². The van der Waals surface area contributed by atoms with Gasteiger partial charge in [-0.25, -0.2) is 19.4 Å². The zero-order chi connectivity index (χ0) is 15.2. The summed E-state index contributed by atoms with van der Waals surface area (Å²) in [4.78, 5) is 20.5. The standard InChI is InChI=1S/C14H19N5O2/c1-4-6-11-17-12(15-3)7-13(18-11)19-9-10(8-16-19)14(20)21-5-2/h7-9H,4-6H2,1-3H3,(H,15,17,18). The fraction of sp³-hybridized carbons (Fsp3) is 0.429. The Hall–Kier alpha value is -2.44. The Labute approximate surface area is 123 Å². The van der Waals surface area contributed by atoms with E-state index in [-0.39, 0.29) is 5.97 Å². The average Bonchev–Trinajstić information content (AvgIpc) is 2.97. The molecule has 0 saturated carbocycles. The molecule has 0 amide bonds. The SMILES string of the molecule is CCCc1nc(NC)cc(-n2cc(C(=O)OCC)cn2)n1. The molecular weight excluding hydrogens is 270 g/mol. The van der Waals surface area contributed by atoms with E-state index in [4.69, 9.17) is 4.74 Å². The van der Waals surface area contributed by atoms with Gasteiger partial charge < -0.3 is 10.1 Å². The number of rotatable bonds is 6. The summed E-state index contributed by atoms with van der Waals surface area (Å²) in [7, 11) is 1.80. The van der Waals surface area contributed by atoms with Gasteiger partial charge in [0.1, 0.15) is 11.6 Å². The molecule has 2 rings (SSSR count). The molecule has 0 fully saturated rings. The number of aryl methyl sites for hydroxylation is 1. The van der Waals surface area contributed by atoms with Crippen LogP contribution in [0.4, 0.5) is 5.82 Å². The normalized spacial score (nSPS) is 10.4. The molecule has 2 heterocycles. The zero-order valence-corrected chi connectivity index (χ0v) is 12.5. The van der Waals surface area contributed by atoms with Crippen molar-refractivity contribution in [1.29, 1.82) is 0 Å². The summed E-state index contributed by atoms with van der Waals surface area (Å²) >= 11 is 0. The maximum absolute atomic E-state index is 11.7. The quantitative estimate of drug-likeness (QED) is 0.817. The third kappa shape index (κ3) is 3.56. The molecule has 0 spiro atoms. The Morgan fingerprint density at radius 2 is 2.19 bits per heavy atom. The van der Waals surface area contributed by atoms with Crippen LogP contribution in [-0.2, 0) is 11.2 Å². The van der Waals surface area contributed by atoms with Crippen LogP contribution in [0.2, 0.25) is 0 Å². The molecule has 0 aliphatic carbocycles. The van der Waals surface area contributed by atoms with E-state index in [1.165, 1.54) is 6.20 Å². The number of esters is 1. The third-order valence-electron chi connectivity index (χ3n) is 2.82. The molecule has 7 heteroatoms. The first-order chi connectivity index (χ1) is 10.2. The first kappa shape index (κ1) is 15.0. The molecular formula is C14H19N5O2. The van der Waals surface area contributed by atoms with Gasteiger partial charge in [0.2, 0.25) is 0 Å². The fourth-order valence-corrected chi connectivity index (χ4v) is 1.83. The van der Waals surface area contributed by atoms with Gasteiger partial charge in [0.15, 0.2) is 5.82 Å². The van der Waals surface area contributed by atoms with Gasteiger partial charge in [0.05, 0.1) is 18.4 Å². The van der Waals surface area contributed by atoms with Crippen molar-refractivity contribution in [2.75, 3.05) is 19.0 Å². The summed E-state index contributed by atoms with van der Waals surface area (Å²) in [5, 5.41) is 7.17. The first-order valence-electron chi connectivity index (χ1n) is 6.95. The van der Waals surface area contributed by atoms with Gasteiger partial charge in [-0.15, -0.1) is 0 Å². The number of carbonyl (C=O) groups is 1. The van der Waals surface area contributed by atoms with Gasteiger partial charge in [-0.1, -0.05) is 6.92 Å². The summed E-state index contributed by atoms with van der Waals surface area (Å²) in [5.74, 6) is 1.69. The molecule has 0 radical (unpaired) electrons. The molecule has 0 aromatic carbocycles. The fourth-order valence-electron chi connectivity index (χ4n) is 1.83. The first-order valence-corrected chi connectivity index (χ1v) is 6.95. The third-order valence-corrected chi connectivity index (χ3v) is 2.82. The lowest BCUT2D eigenvalue weighted by atomic mass is 10.3. The number of aromatic nitrogens is 4. The minimum Gasteiger partial charge on any atom is -0.462 e. The molecule has 0 saturated heterocycles. The van der Waals surface area contributed by atoms with Crippen LogP contribution in [0.1, 0.15) is 36.5 Å². The molecule has 0 aliphatic rings. The second-order valence-corrected chi connectivity index (χ2v) is 4.42. The Morgan fingerprint density at radius 3 is 2.86 bits per heavy atom. The summed E-state index contributed by atoms with van der Waals surface area (Å²) in [6.45, 7) is 4.17. The van der Waals surface area contributed by atoms with Crippen molar-refractivity contribution in [3.8, 4) is 5.82 Å². The van der Waals surface area contributed by atoms with Crippen molar-refractivity contribution in [3.05, 3.63) is 29.8 Å². The van der Waals surface area contributed by atoms with Gasteiger partial charge in [-0.05, 0) is 13.3 Å². The van der Waals surface area contributed by atoms with Crippen molar-refractivity contribution in [3.63, 3.8) is 0 Å². The summed E-state index contributed by atoms with van der Waals surface area (Å²) < 4.78 is 6.50. The highest BCUT2D eigenvalue weighted by atomic mass is 16.5. The summed E-state index contributed by atoms with van der Waals surface area (Å²) in [6.07, 6.45) is 4.82. The van der Waals surface area contributed by atoms with Crippen LogP contribution in [0, 0.1) is 0 Å². The van der Waals surface area contributed by atoms with Crippen LogP contribution in [0.25, 0.3) is 5.82 Å². The van der Waals surface area contributed by atoms with Crippen LogP contribution in [-0.4, -0.2) is 39.4 Å².